The standard InChI is InChI=1S/C14H19ClO2/c1-9-8-12(15)10(2)7-11(9)14(16)13-5-3-4-6-17-13/h7-8,13-14,16H,3-6H2,1-2H3. The SMILES string of the molecule is Cc1cc(C(O)C2CCCCO2)c(C)cc1Cl. The first-order chi connectivity index (χ1) is 8.09. The van der Waals surface area contributed by atoms with Gasteiger partial charge in [0, 0.05) is 11.6 Å². The van der Waals surface area contributed by atoms with Gasteiger partial charge in [0.1, 0.15) is 6.10 Å². The van der Waals surface area contributed by atoms with Crippen molar-refractivity contribution in [2.75, 3.05) is 6.61 Å². The first-order valence-corrected chi connectivity index (χ1v) is 6.53. The van der Waals surface area contributed by atoms with Crippen molar-refractivity contribution in [3.8, 4) is 0 Å². The van der Waals surface area contributed by atoms with Crippen LogP contribution in [0.15, 0.2) is 12.1 Å². The van der Waals surface area contributed by atoms with E-state index < -0.39 is 6.10 Å². The molecule has 1 aliphatic heterocycles. The Morgan fingerprint density at radius 2 is 2.06 bits per heavy atom. The zero-order valence-electron chi connectivity index (χ0n) is 10.4. The zero-order chi connectivity index (χ0) is 12.4. The average Bonchev–Trinajstić information content (AvgIpc) is 2.34. The molecule has 1 fully saturated rings. The fraction of sp³-hybridized carbons (Fsp3) is 0.571. The number of ether oxygens (including phenoxy) is 1. The number of rotatable bonds is 2. The maximum absolute atomic E-state index is 10.4. The molecule has 1 aliphatic rings. The van der Waals surface area contributed by atoms with Crippen LogP contribution >= 0.6 is 11.6 Å². The molecule has 2 unspecified atom stereocenters. The maximum Gasteiger partial charge on any atom is 0.105 e. The Morgan fingerprint density at radius 1 is 1.29 bits per heavy atom. The summed E-state index contributed by atoms with van der Waals surface area (Å²) < 4.78 is 5.64. The van der Waals surface area contributed by atoms with E-state index in [2.05, 4.69) is 0 Å². The third-order valence-corrected chi connectivity index (χ3v) is 3.84. The summed E-state index contributed by atoms with van der Waals surface area (Å²) >= 11 is 6.06. The molecule has 0 saturated carbocycles. The van der Waals surface area contributed by atoms with Crippen molar-refractivity contribution in [3.05, 3.63) is 33.8 Å². The summed E-state index contributed by atoms with van der Waals surface area (Å²) in [5, 5.41) is 11.1. The number of halogens is 1. The lowest BCUT2D eigenvalue weighted by Crippen LogP contribution is -2.26. The second kappa shape index (κ2) is 5.38. The summed E-state index contributed by atoms with van der Waals surface area (Å²) in [6.07, 6.45) is 2.56. The molecule has 3 heteroatoms. The predicted molar refractivity (Wildman–Crippen MR) is 69.5 cm³/mol. The first-order valence-electron chi connectivity index (χ1n) is 6.16. The largest absolute Gasteiger partial charge is 0.386 e. The number of hydrogen-bond donors (Lipinski definition) is 1. The lowest BCUT2D eigenvalue weighted by molar-refractivity contribution is -0.0635. The van der Waals surface area contributed by atoms with Crippen molar-refractivity contribution in [1.82, 2.24) is 0 Å². The molecular weight excluding hydrogens is 236 g/mol. The Kier molecular flexibility index (Phi) is 4.08. The average molecular weight is 255 g/mol. The minimum atomic E-state index is -0.536. The molecule has 0 spiro atoms. The van der Waals surface area contributed by atoms with Crippen molar-refractivity contribution >= 4 is 11.6 Å². The molecule has 1 aromatic carbocycles. The van der Waals surface area contributed by atoms with E-state index in [-0.39, 0.29) is 6.10 Å². The van der Waals surface area contributed by atoms with Crippen LogP contribution in [0.25, 0.3) is 0 Å². The minimum Gasteiger partial charge on any atom is -0.386 e. The number of hydrogen-bond acceptors (Lipinski definition) is 2. The second-order valence-corrected chi connectivity index (χ2v) is 5.22. The van der Waals surface area contributed by atoms with Crippen LogP contribution < -0.4 is 0 Å². The number of aryl methyl sites for hydroxylation is 2. The Bertz CT molecular complexity index is 397. The van der Waals surface area contributed by atoms with Crippen LogP contribution in [0.2, 0.25) is 5.02 Å². The highest BCUT2D eigenvalue weighted by Crippen LogP contribution is 2.31. The topological polar surface area (TPSA) is 29.5 Å². The first kappa shape index (κ1) is 12.9. The van der Waals surface area contributed by atoms with Gasteiger partial charge in [-0.3, -0.25) is 0 Å². The molecular formula is C14H19ClO2. The lowest BCUT2D eigenvalue weighted by atomic mass is 9.94. The predicted octanol–water partition coefficient (Wildman–Crippen LogP) is 3.56. The molecule has 2 nitrogen and oxygen atoms in total. The van der Waals surface area contributed by atoms with Crippen LogP contribution in [0.3, 0.4) is 0 Å². The van der Waals surface area contributed by atoms with Crippen molar-refractivity contribution in [1.29, 1.82) is 0 Å². The van der Waals surface area contributed by atoms with Gasteiger partial charge >= 0.3 is 0 Å². The van der Waals surface area contributed by atoms with Gasteiger partial charge in [0.2, 0.25) is 0 Å². The maximum atomic E-state index is 10.4. The monoisotopic (exact) mass is 254 g/mol. The molecule has 1 N–H and O–H groups in total. The molecule has 2 rings (SSSR count). The fourth-order valence-corrected chi connectivity index (χ4v) is 2.56. The molecule has 17 heavy (non-hydrogen) atoms. The second-order valence-electron chi connectivity index (χ2n) is 4.81. The van der Waals surface area contributed by atoms with E-state index >= 15 is 0 Å². The molecule has 1 heterocycles. The van der Waals surface area contributed by atoms with Crippen LogP contribution in [-0.4, -0.2) is 17.8 Å². The third-order valence-electron chi connectivity index (χ3n) is 3.43. The van der Waals surface area contributed by atoms with E-state index in [4.69, 9.17) is 16.3 Å². The van der Waals surface area contributed by atoms with Gasteiger partial charge in [0.05, 0.1) is 6.10 Å². The van der Waals surface area contributed by atoms with Crippen LogP contribution in [0, 0.1) is 13.8 Å². The van der Waals surface area contributed by atoms with Crippen LogP contribution in [0.4, 0.5) is 0 Å². The van der Waals surface area contributed by atoms with Crippen molar-refractivity contribution in [2.45, 2.75) is 45.3 Å². The van der Waals surface area contributed by atoms with E-state index in [0.29, 0.717) is 0 Å². The molecule has 0 bridgehead atoms. The normalized spacial score (nSPS) is 22.5. The molecule has 0 aromatic heterocycles. The van der Waals surface area contributed by atoms with Crippen LogP contribution in [0.5, 0.6) is 0 Å². The number of aliphatic hydroxyl groups excluding tert-OH is 1. The van der Waals surface area contributed by atoms with E-state index in [1.54, 1.807) is 0 Å². The molecule has 2 atom stereocenters. The number of aliphatic hydroxyl groups is 1. The van der Waals surface area contributed by atoms with Crippen LogP contribution in [0.1, 0.15) is 42.1 Å². The number of benzene rings is 1. The van der Waals surface area contributed by atoms with Gasteiger partial charge in [-0.15, -0.1) is 0 Å². The summed E-state index contributed by atoms with van der Waals surface area (Å²) in [7, 11) is 0. The zero-order valence-corrected chi connectivity index (χ0v) is 11.1. The molecule has 1 aromatic rings. The summed E-state index contributed by atoms with van der Waals surface area (Å²) in [5.74, 6) is 0. The lowest BCUT2D eigenvalue weighted by Gasteiger charge is -2.28. The van der Waals surface area contributed by atoms with Gasteiger partial charge < -0.3 is 9.84 Å². The van der Waals surface area contributed by atoms with E-state index in [9.17, 15) is 5.11 Å². The fourth-order valence-electron chi connectivity index (χ4n) is 2.34. The Labute approximate surface area is 108 Å². The van der Waals surface area contributed by atoms with Gasteiger partial charge in [-0.25, -0.2) is 0 Å². The smallest absolute Gasteiger partial charge is 0.105 e. The van der Waals surface area contributed by atoms with Gasteiger partial charge in [-0.05, 0) is 55.9 Å². The highest BCUT2D eigenvalue weighted by atomic mass is 35.5. The highest BCUT2D eigenvalue weighted by Gasteiger charge is 2.25. The van der Waals surface area contributed by atoms with Crippen molar-refractivity contribution < 1.29 is 9.84 Å². The Morgan fingerprint density at radius 3 is 2.71 bits per heavy atom. The molecule has 0 aliphatic carbocycles. The third kappa shape index (κ3) is 2.82. The molecule has 94 valence electrons. The molecule has 0 amide bonds. The summed E-state index contributed by atoms with van der Waals surface area (Å²) in [6.45, 7) is 4.69. The van der Waals surface area contributed by atoms with E-state index in [1.807, 2.05) is 26.0 Å². The van der Waals surface area contributed by atoms with E-state index in [1.165, 1.54) is 0 Å². The van der Waals surface area contributed by atoms with Crippen molar-refractivity contribution in [3.63, 3.8) is 0 Å². The Hall–Kier alpha value is -0.570. The highest BCUT2D eigenvalue weighted by molar-refractivity contribution is 6.31. The van der Waals surface area contributed by atoms with Gasteiger partial charge in [-0.1, -0.05) is 17.7 Å². The quantitative estimate of drug-likeness (QED) is 0.875. The summed E-state index contributed by atoms with van der Waals surface area (Å²) in [4.78, 5) is 0. The van der Waals surface area contributed by atoms with Crippen LogP contribution in [-0.2, 0) is 4.74 Å². The van der Waals surface area contributed by atoms with Crippen molar-refractivity contribution in [2.24, 2.45) is 0 Å². The summed E-state index contributed by atoms with van der Waals surface area (Å²) in [5.41, 5.74) is 2.98. The molecule has 0 radical (unpaired) electrons. The minimum absolute atomic E-state index is 0.0666. The van der Waals surface area contributed by atoms with Gasteiger partial charge in [0.25, 0.3) is 0 Å². The summed E-state index contributed by atoms with van der Waals surface area (Å²) in [6, 6.07) is 3.89. The van der Waals surface area contributed by atoms with Gasteiger partial charge in [0.15, 0.2) is 0 Å². The van der Waals surface area contributed by atoms with E-state index in [0.717, 1.165) is 47.6 Å². The van der Waals surface area contributed by atoms with Gasteiger partial charge in [-0.2, -0.15) is 0 Å². The molecule has 1 saturated heterocycles. The Balaban J connectivity index is 2.23.